The molecule has 0 aromatic heterocycles. The summed E-state index contributed by atoms with van der Waals surface area (Å²) in [6, 6.07) is 3.59. The van der Waals surface area contributed by atoms with Crippen LogP contribution in [0.5, 0.6) is 0 Å². The third-order valence-corrected chi connectivity index (χ3v) is 5.97. The molecule has 0 spiro atoms. The number of hydrogen-bond donors (Lipinski definition) is 1. The van der Waals surface area contributed by atoms with E-state index in [1.165, 1.54) is 10.4 Å². The molecule has 1 aliphatic rings. The molecule has 9 heteroatoms. The number of piperidine rings is 1. The molecule has 22 heavy (non-hydrogen) atoms. The highest BCUT2D eigenvalue weighted by atomic mass is 35.5. The minimum Gasteiger partial charge on any atom is -0.319 e. The Morgan fingerprint density at radius 2 is 2.05 bits per heavy atom. The van der Waals surface area contributed by atoms with E-state index in [0.717, 1.165) is 31.5 Å². The van der Waals surface area contributed by atoms with Gasteiger partial charge in [0.2, 0.25) is 10.0 Å². The van der Waals surface area contributed by atoms with Crippen LogP contribution in [0.15, 0.2) is 23.1 Å². The third kappa shape index (κ3) is 3.57. The summed E-state index contributed by atoms with van der Waals surface area (Å²) in [6.45, 7) is 1.56. The summed E-state index contributed by atoms with van der Waals surface area (Å²) in [5.74, 6) is 0.422. The number of nitro benzene ring substituents is 1. The van der Waals surface area contributed by atoms with Gasteiger partial charge in [-0.3, -0.25) is 10.1 Å². The maximum atomic E-state index is 12.7. The molecule has 1 aromatic rings. The number of rotatable bonds is 5. The average Bonchev–Trinajstić information content (AvgIpc) is 2.47. The average molecular weight is 348 g/mol. The Hall–Kier alpha value is -1.22. The van der Waals surface area contributed by atoms with Crippen molar-refractivity contribution in [1.82, 2.24) is 9.62 Å². The Balaban J connectivity index is 2.28. The van der Waals surface area contributed by atoms with Crippen LogP contribution < -0.4 is 5.32 Å². The molecule has 1 N–H and O–H groups in total. The number of sulfonamides is 1. The quantitative estimate of drug-likeness (QED) is 0.648. The molecule has 0 atom stereocenters. The standard InChI is InChI=1S/C13H18ClN3O4S/c1-15-9-10-4-6-16(7-5-10)22(20,21)13-8-11(14)2-3-12(13)17(18)19/h2-3,8,10,15H,4-7,9H2,1H3. The molecular formula is C13H18ClN3O4S. The molecule has 0 aliphatic carbocycles. The largest absolute Gasteiger partial charge is 0.319 e. The Morgan fingerprint density at radius 3 is 2.59 bits per heavy atom. The fourth-order valence-electron chi connectivity index (χ4n) is 2.63. The molecule has 1 aliphatic heterocycles. The summed E-state index contributed by atoms with van der Waals surface area (Å²) >= 11 is 5.82. The Labute approximate surface area is 134 Å². The van der Waals surface area contributed by atoms with Crippen molar-refractivity contribution in [3.05, 3.63) is 33.3 Å². The van der Waals surface area contributed by atoms with E-state index in [0.29, 0.717) is 19.0 Å². The Morgan fingerprint density at radius 1 is 1.41 bits per heavy atom. The van der Waals surface area contributed by atoms with E-state index in [1.807, 2.05) is 7.05 Å². The van der Waals surface area contributed by atoms with E-state index in [-0.39, 0.29) is 9.92 Å². The second kappa shape index (κ2) is 6.91. The molecule has 1 saturated heterocycles. The summed E-state index contributed by atoms with van der Waals surface area (Å²) in [7, 11) is -2.05. The van der Waals surface area contributed by atoms with E-state index in [1.54, 1.807) is 0 Å². The summed E-state index contributed by atoms with van der Waals surface area (Å²) < 4.78 is 26.7. The van der Waals surface area contributed by atoms with Crippen LogP contribution in [0.3, 0.4) is 0 Å². The Kier molecular flexibility index (Phi) is 5.38. The maximum absolute atomic E-state index is 12.7. The summed E-state index contributed by atoms with van der Waals surface area (Å²) in [5.41, 5.74) is -0.443. The predicted molar refractivity (Wildman–Crippen MR) is 83.5 cm³/mol. The van der Waals surface area contributed by atoms with E-state index in [2.05, 4.69) is 5.32 Å². The maximum Gasteiger partial charge on any atom is 0.289 e. The molecule has 0 amide bonds. The van der Waals surface area contributed by atoms with Crippen molar-refractivity contribution in [2.75, 3.05) is 26.7 Å². The van der Waals surface area contributed by atoms with Crippen LogP contribution in [-0.4, -0.2) is 44.3 Å². The van der Waals surface area contributed by atoms with E-state index >= 15 is 0 Å². The highest BCUT2D eigenvalue weighted by Crippen LogP contribution is 2.31. The van der Waals surface area contributed by atoms with Crippen LogP contribution in [0.1, 0.15) is 12.8 Å². The second-order valence-electron chi connectivity index (χ2n) is 5.27. The van der Waals surface area contributed by atoms with Crippen molar-refractivity contribution >= 4 is 27.3 Å². The van der Waals surface area contributed by atoms with Gasteiger partial charge in [0.05, 0.1) is 4.92 Å². The van der Waals surface area contributed by atoms with Crippen molar-refractivity contribution in [1.29, 1.82) is 0 Å². The van der Waals surface area contributed by atoms with E-state index in [9.17, 15) is 18.5 Å². The zero-order valence-corrected chi connectivity index (χ0v) is 13.7. The summed E-state index contributed by atoms with van der Waals surface area (Å²) in [6.07, 6.45) is 1.46. The Bertz CT molecular complexity index is 657. The number of nitro groups is 1. The van der Waals surface area contributed by atoms with Crippen molar-refractivity contribution in [2.24, 2.45) is 5.92 Å². The first-order chi connectivity index (χ1) is 10.4. The van der Waals surface area contributed by atoms with Crippen LogP contribution in [0.4, 0.5) is 5.69 Å². The zero-order valence-electron chi connectivity index (χ0n) is 12.2. The molecular weight excluding hydrogens is 330 g/mol. The molecule has 2 rings (SSSR count). The first kappa shape index (κ1) is 17.1. The lowest BCUT2D eigenvalue weighted by Crippen LogP contribution is -2.40. The molecule has 122 valence electrons. The number of hydrogen-bond acceptors (Lipinski definition) is 5. The van der Waals surface area contributed by atoms with Crippen LogP contribution in [-0.2, 0) is 10.0 Å². The normalized spacial score (nSPS) is 17.5. The molecule has 7 nitrogen and oxygen atoms in total. The lowest BCUT2D eigenvalue weighted by molar-refractivity contribution is -0.387. The van der Waals surface area contributed by atoms with Crippen molar-refractivity contribution < 1.29 is 13.3 Å². The van der Waals surface area contributed by atoms with Gasteiger partial charge in [0.1, 0.15) is 0 Å². The molecule has 0 bridgehead atoms. The fourth-order valence-corrected chi connectivity index (χ4v) is 4.52. The highest BCUT2D eigenvalue weighted by molar-refractivity contribution is 7.89. The van der Waals surface area contributed by atoms with Gasteiger partial charge < -0.3 is 5.32 Å². The lowest BCUT2D eigenvalue weighted by Gasteiger charge is -2.31. The van der Waals surface area contributed by atoms with Crippen molar-refractivity contribution in [2.45, 2.75) is 17.7 Å². The van der Waals surface area contributed by atoms with Crippen molar-refractivity contribution in [3.63, 3.8) is 0 Å². The van der Waals surface area contributed by atoms with Crippen LogP contribution >= 0.6 is 11.6 Å². The predicted octanol–water partition coefficient (Wildman–Crippen LogP) is 1.87. The van der Waals surface area contributed by atoms with Gasteiger partial charge in [0.25, 0.3) is 5.69 Å². The van der Waals surface area contributed by atoms with E-state index < -0.39 is 20.6 Å². The molecule has 0 radical (unpaired) electrons. The van der Waals surface area contributed by atoms with Gasteiger partial charge >= 0.3 is 0 Å². The minimum atomic E-state index is -3.91. The van der Waals surface area contributed by atoms with Gasteiger partial charge in [-0.25, -0.2) is 8.42 Å². The summed E-state index contributed by atoms with van der Waals surface area (Å²) in [4.78, 5) is 10.0. The number of halogens is 1. The SMILES string of the molecule is CNCC1CCN(S(=O)(=O)c2cc(Cl)ccc2[N+](=O)[O-])CC1. The van der Waals surface area contributed by atoms with Crippen molar-refractivity contribution in [3.8, 4) is 0 Å². The number of nitrogens with one attached hydrogen (secondary N) is 1. The van der Waals surface area contributed by atoms with Gasteiger partial charge in [-0.2, -0.15) is 4.31 Å². The topological polar surface area (TPSA) is 92.6 Å². The molecule has 1 heterocycles. The number of benzene rings is 1. The van der Waals surface area contributed by atoms with E-state index in [4.69, 9.17) is 11.6 Å². The van der Waals surface area contributed by atoms with Gasteiger partial charge in [0.15, 0.2) is 4.90 Å². The minimum absolute atomic E-state index is 0.161. The monoisotopic (exact) mass is 347 g/mol. The van der Waals surface area contributed by atoms with Gasteiger partial charge in [-0.05, 0) is 44.5 Å². The van der Waals surface area contributed by atoms with Gasteiger partial charge in [-0.1, -0.05) is 11.6 Å². The molecule has 1 aromatic carbocycles. The first-order valence-electron chi connectivity index (χ1n) is 6.95. The summed E-state index contributed by atoms with van der Waals surface area (Å²) in [5, 5.41) is 14.3. The zero-order chi connectivity index (χ0) is 16.3. The second-order valence-corrected chi connectivity index (χ2v) is 7.62. The number of nitrogens with zero attached hydrogens (tertiary/aromatic N) is 2. The smallest absolute Gasteiger partial charge is 0.289 e. The first-order valence-corrected chi connectivity index (χ1v) is 8.76. The van der Waals surface area contributed by atoms with Crippen LogP contribution in [0, 0.1) is 16.0 Å². The molecule has 1 fully saturated rings. The molecule has 0 unspecified atom stereocenters. The lowest BCUT2D eigenvalue weighted by atomic mass is 9.98. The molecule has 0 saturated carbocycles. The van der Waals surface area contributed by atoms with Gasteiger partial charge in [-0.15, -0.1) is 0 Å². The van der Waals surface area contributed by atoms with Crippen LogP contribution in [0.2, 0.25) is 5.02 Å². The fraction of sp³-hybridized carbons (Fsp3) is 0.538. The third-order valence-electron chi connectivity index (χ3n) is 3.80. The van der Waals surface area contributed by atoms with Crippen LogP contribution in [0.25, 0.3) is 0 Å². The van der Waals surface area contributed by atoms with Gasteiger partial charge in [0, 0.05) is 24.2 Å². The highest BCUT2D eigenvalue weighted by Gasteiger charge is 2.34.